The molecule has 1 saturated heterocycles. The second kappa shape index (κ2) is 6.86. The van der Waals surface area contributed by atoms with Gasteiger partial charge < -0.3 is 4.74 Å². The second-order valence-corrected chi connectivity index (χ2v) is 6.69. The Hall–Kier alpha value is -1.64. The lowest BCUT2D eigenvalue weighted by molar-refractivity contribution is 0.0369. The van der Waals surface area contributed by atoms with Gasteiger partial charge in [0.05, 0.1) is 13.2 Å². The minimum atomic E-state index is 0.535. The Balaban J connectivity index is 1.63. The van der Waals surface area contributed by atoms with Crippen LogP contribution in [0.2, 0.25) is 0 Å². The van der Waals surface area contributed by atoms with E-state index in [1.54, 1.807) is 11.1 Å². The van der Waals surface area contributed by atoms with Crippen molar-refractivity contribution in [3.63, 3.8) is 0 Å². The lowest BCUT2D eigenvalue weighted by atomic mass is 9.85. The van der Waals surface area contributed by atoms with Crippen molar-refractivity contribution >= 4 is 0 Å². The van der Waals surface area contributed by atoms with Crippen LogP contribution < -0.4 is 0 Å². The van der Waals surface area contributed by atoms with Crippen molar-refractivity contribution in [1.29, 1.82) is 0 Å². The van der Waals surface area contributed by atoms with E-state index in [1.165, 1.54) is 30.4 Å². The van der Waals surface area contributed by atoms with Gasteiger partial charge in [0.1, 0.15) is 0 Å². The van der Waals surface area contributed by atoms with E-state index in [0.29, 0.717) is 5.92 Å². The van der Waals surface area contributed by atoms with Crippen LogP contribution in [0.5, 0.6) is 0 Å². The summed E-state index contributed by atoms with van der Waals surface area (Å²) in [4.78, 5) is 2.56. The fourth-order valence-electron chi connectivity index (χ4n) is 4.09. The van der Waals surface area contributed by atoms with Gasteiger partial charge in [-0.1, -0.05) is 48.5 Å². The summed E-state index contributed by atoms with van der Waals surface area (Å²) in [6, 6.07) is 18.1. The average molecular weight is 307 g/mol. The molecule has 0 spiro atoms. The number of nitrogens with zero attached hydrogens (tertiary/aromatic N) is 1. The van der Waals surface area contributed by atoms with E-state index in [4.69, 9.17) is 4.74 Å². The largest absolute Gasteiger partial charge is 0.379 e. The Morgan fingerprint density at radius 1 is 0.826 bits per heavy atom. The molecular formula is C21H25NO. The molecule has 0 atom stereocenters. The molecule has 1 aliphatic heterocycles. The van der Waals surface area contributed by atoms with E-state index in [-0.39, 0.29) is 0 Å². The van der Waals surface area contributed by atoms with Gasteiger partial charge in [-0.25, -0.2) is 0 Å². The molecule has 120 valence electrons. The number of rotatable bonds is 3. The van der Waals surface area contributed by atoms with E-state index < -0.39 is 0 Å². The predicted molar refractivity (Wildman–Crippen MR) is 94.0 cm³/mol. The van der Waals surface area contributed by atoms with Gasteiger partial charge in [0.15, 0.2) is 0 Å². The number of benzene rings is 2. The first-order valence-corrected chi connectivity index (χ1v) is 8.87. The monoisotopic (exact) mass is 307 g/mol. The fraction of sp³-hybridized carbons (Fsp3) is 0.429. The highest BCUT2D eigenvalue weighted by molar-refractivity contribution is 5.44. The smallest absolute Gasteiger partial charge is 0.0594 e. The summed E-state index contributed by atoms with van der Waals surface area (Å²) in [5.41, 5.74) is 6.17. The summed E-state index contributed by atoms with van der Waals surface area (Å²) in [6.45, 7) is 5.10. The zero-order chi connectivity index (χ0) is 15.5. The molecule has 2 aliphatic rings. The molecule has 0 bridgehead atoms. The van der Waals surface area contributed by atoms with E-state index in [0.717, 1.165) is 32.8 Å². The molecule has 1 heterocycles. The Kier molecular flexibility index (Phi) is 4.45. The normalized spacial score (nSPS) is 19.0. The molecule has 0 aromatic heterocycles. The van der Waals surface area contributed by atoms with Crippen molar-refractivity contribution in [2.45, 2.75) is 25.2 Å². The van der Waals surface area contributed by atoms with Gasteiger partial charge in [0.2, 0.25) is 0 Å². The standard InChI is InChI=1S/C21H25NO/c1-3-7-19-17(5-1)9-10-18-6-2-4-8-20(18)21(19)11-12-22-13-15-23-16-14-22/h1-8,21H,9-16H2. The van der Waals surface area contributed by atoms with Crippen LogP contribution in [0.25, 0.3) is 0 Å². The quantitative estimate of drug-likeness (QED) is 0.858. The molecular weight excluding hydrogens is 282 g/mol. The molecule has 2 aromatic carbocycles. The topological polar surface area (TPSA) is 12.5 Å². The number of morpholine rings is 1. The summed E-state index contributed by atoms with van der Waals surface area (Å²) in [5, 5.41) is 0. The van der Waals surface area contributed by atoms with Crippen molar-refractivity contribution in [2.75, 3.05) is 32.8 Å². The summed E-state index contributed by atoms with van der Waals surface area (Å²) in [5.74, 6) is 0.535. The van der Waals surface area contributed by atoms with Gasteiger partial charge in [0.25, 0.3) is 0 Å². The van der Waals surface area contributed by atoms with Crippen LogP contribution in [0.15, 0.2) is 48.5 Å². The molecule has 0 amide bonds. The highest BCUT2D eigenvalue weighted by atomic mass is 16.5. The Labute approximate surface area is 139 Å². The lowest BCUT2D eigenvalue weighted by Crippen LogP contribution is -2.37. The third-order valence-corrected chi connectivity index (χ3v) is 5.36. The highest BCUT2D eigenvalue weighted by Crippen LogP contribution is 2.36. The predicted octanol–water partition coefficient (Wildman–Crippen LogP) is 3.64. The average Bonchev–Trinajstić information content (AvgIpc) is 2.78. The first kappa shape index (κ1) is 14.9. The Morgan fingerprint density at radius 2 is 1.39 bits per heavy atom. The molecule has 0 saturated carbocycles. The third-order valence-electron chi connectivity index (χ3n) is 5.36. The van der Waals surface area contributed by atoms with E-state index in [9.17, 15) is 0 Å². The Morgan fingerprint density at radius 3 is 2.00 bits per heavy atom. The lowest BCUT2D eigenvalue weighted by Gasteiger charge is -2.29. The molecule has 0 N–H and O–H groups in total. The van der Waals surface area contributed by atoms with E-state index in [1.807, 2.05) is 0 Å². The molecule has 2 heteroatoms. The van der Waals surface area contributed by atoms with E-state index >= 15 is 0 Å². The molecule has 4 rings (SSSR count). The van der Waals surface area contributed by atoms with Crippen LogP contribution in [-0.4, -0.2) is 37.7 Å². The third kappa shape index (κ3) is 3.19. The second-order valence-electron chi connectivity index (χ2n) is 6.69. The first-order chi connectivity index (χ1) is 11.4. The van der Waals surface area contributed by atoms with Crippen LogP contribution in [0, 0.1) is 0 Å². The minimum Gasteiger partial charge on any atom is -0.379 e. The van der Waals surface area contributed by atoms with Crippen LogP contribution in [0.1, 0.15) is 34.6 Å². The highest BCUT2D eigenvalue weighted by Gasteiger charge is 2.24. The van der Waals surface area contributed by atoms with Gasteiger partial charge >= 0.3 is 0 Å². The summed E-state index contributed by atoms with van der Waals surface area (Å²) in [7, 11) is 0. The number of aryl methyl sites for hydroxylation is 2. The van der Waals surface area contributed by atoms with Crippen LogP contribution in [0.3, 0.4) is 0 Å². The zero-order valence-electron chi connectivity index (χ0n) is 13.7. The minimum absolute atomic E-state index is 0.535. The van der Waals surface area contributed by atoms with Crippen molar-refractivity contribution < 1.29 is 4.74 Å². The van der Waals surface area contributed by atoms with Gasteiger partial charge in [0, 0.05) is 19.0 Å². The molecule has 2 nitrogen and oxygen atoms in total. The van der Waals surface area contributed by atoms with E-state index in [2.05, 4.69) is 53.4 Å². The van der Waals surface area contributed by atoms with Gasteiger partial charge in [-0.3, -0.25) is 4.90 Å². The molecule has 0 radical (unpaired) electrons. The summed E-state index contributed by atoms with van der Waals surface area (Å²) >= 11 is 0. The maximum atomic E-state index is 5.48. The van der Waals surface area contributed by atoms with Crippen molar-refractivity contribution in [3.05, 3.63) is 70.8 Å². The van der Waals surface area contributed by atoms with Crippen LogP contribution in [-0.2, 0) is 17.6 Å². The van der Waals surface area contributed by atoms with Crippen LogP contribution in [0.4, 0.5) is 0 Å². The van der Waals surface area contributed by atoms with Crippen LogP contribution >= 0.6 is 0 Å². The zero-order valence-corrected chi connectivity index (χ0v) is 13.7. The molecule has 0 unspecified atom stereocenters. The molecule has 1 fully saturated rings. The molecule has 1 aliphatic carbocycles. The maximum absolute atomic E-state index is 5.48. The fourth-order valence-corrected chi connectivity index (χ4v) is 4.09. The van der Waals surface area contributed by atoms with Gasteiger partial charge in [-0.15, -0.1) is 0 Å². The number of hydrogen-bond acceptors (Lipinski definition) is 2. The summed E-state index contributed by atoms with van der Waals surface area (Å²) < 4.78 is 5.48. The molecule has 2 aromatic rings. The first-order valence-electron chi connectivity index (χ1n) is 8.87. The SMILES string of the molecule is c1ccc2c(c1)CCc1ccccc1C2CCN1CCOCC1. The molecule has 23 heavy (non-hydrogen) atoms. The number of hydrogen-bond donors (Lipinski definition) is 0. The van der Waals surface area contributed by atoms with Crippen molar-refractivity contribution in [3.8, 4) is 0 Å². The van der Waals surface area contributed by atoms with Gasteiger partial charge in [-0.05, 0) is 48.1 Å². The number of ether oxygens (including phenoxy) is 1. The maximum Gasteiger partial charge on any atom is 0.0594 e. The summed E-state index contributed by atoms with van der Waals surface area (Å²) in [6.07, 6.45) is 3.54. The van der Waals surface area contributed by atoms with Crippen molar-refractivity contribution in [1.82, 2.24) is 4.90 Å². The van der Waals surface area contributed by atoms with Gasteiger partial charge in [-0.2, -0.15) is 0 Å². The number of fused-ring (bicyclic) bond motifs is 2. The van der Waals surface area contributed by atoms with Crippen molar-refractivity contribution in [2.24, 2.45) is 0 Å². The Bertz CT molecular complexity index is 613.